The molecule has 8 nitrogen and oxygen atoms in total. The monoisotopic (exact) mass is 440 g/mol. The minimum atomic E-state index is -0.426. The van der Waals surface area contributed by atoms with E-state index in [-0.39, 0.29) is 5.88 Å². The van der Waals surface area contributed by atoms with Crippen LogP contribution in [0.2, 0.25) is 5.02 Å². The van der Waals surface area contributed by atoms with Crippen LogP contribution >= 0.6 is 11.6 Å². The van der Waals surface area contributed by atoms with Gasteiger partial charge in [0.15, 0.2) is 17.1 Å². The van der Waals surface area contributed by atoms with Gasteiger partial charge >= 0.3 is 5.69 Å². The summed E-state index contributed by atoms with van der Waals surface area (Å²) in [5.41, 5.74) is 2.88. The van der Waals surface area contributed by atoms with E-state index in [2.05, 4.69) is 15.0 Å². The van der Waals surface area contributed by atoms with Crippen molar-refractivity contribution < 1.29 is 14.2 Å². The van der Waals surface area contributed by atoms with Crippen molar-refractivity contribution in [1.82, 2.24) is 19.5 Å². The first kappa shape index (κ1) is 20.7. The van der Waals surface area contributed by atoms with E-state index in [0.717, 1.165) is 5.56 Å². The van der Waals surface area contributed by atoms with Gasteiger partial charge in [0.25, 0.3) is 0 Å². The largest absolute Gasteiger partial charge is 0.493 e. The third-order valence-electron chi connectivity index (χ3n) is 4.80. The second-order valence-corrected chi connectivity index (χ2v) is 7.38. The fraction of sp³-hybridized carbons (Fsp3) is 0.227. The maximum Gasteiger partial charge on any atom is 0.332 e. The van der Waals surface area contributed by atoms with Crippen molar-refractivity contribution in [1.29, 1.82) is 0 Å². The molecule has 4 rings (SSSR count). The number of aryl methyl sites for hydroxylation is 2. The minimum absolute atomic E-state index is 0.277. The van der Waals surface area contributed by atoms with Crippen molar-refractivity contribution in [3.8, 4) is 23.1 Å². The van der Waals surface area contributed by atoms with E-state index in [1.807, 2.05) is 31.2 Å². The molecular formula is C22H21ClN4O4. The summed E-state index contributed by atoms with van der Waals surface area (Å²) in [5, 5.41) is 0.303. The number of hydrogen-bond acceptors (Lipinski definition) is 6. The van der Waals surface area contributed by atoms with E-state index in [1.165, 1.54) is 24.4 Å². The highest BCUT2D eigenvalue weighted by Gasteiger charge is 2.20. The van der Waals surface area contributed by atoms with Crippen LogP contribution in [-0.2, 0) is 6.61 Å². The Labute approximate surface area is 183 Å². The van der Waals surface area contributed by atoms with Gasteiger partial charge in [0, 0.05) is 12.1 Å². The summed E-state index contributed by atoms with van der Waals surface area (Å²) in [5.74, 6) is 1.63. The van der Waals surface area contributed by atoms with Crippen molar-refractivity contribution in [3.05, 3.63) is 68.9 Å². The zero-order valence-electron chi connectivity index (χ0n) is 17.5. The lowest BCUT2D eigenvalue weighted by molar-refractivity contribution is 0.284. The second-order valence-electron chi connectivity index (χ2n) is 6.97. The molecule has 0 saturated heterocycles. The molecule has 0 bridgehead atoms. The molecule has 4 aromatic rings. The van der Waals surface area contributed by atoms with Crippen LogP contribution in [0.15, 0.2) is 41.2 Å². The molecule has 2 aromatic carbocycles. The molecule has 31 heavy (non-hydrogen) atoms. The van der Waals surface area contributed by atoms with Gasteiger partial charge in [0.05, 0.1) is 24.9 Å². The smallest absolute Gasteiger partial charge is 0.332 e. The predicted molar refractivity (Wildman–Crippen MR) is 118 cm³/mol. The van der Waals surface area contributed by atoms with Crippen molar-refractivity contribution >= 4 is 22.8 Å². The number of rotatable bonds is 6. The third kappa shape index (κ3) is 3.94. The van der Waals surface area contributed by atoms with Crippen molar-refractivity contribution in [2.24, 2.45) is 0 Å². The lowest BCUT2D eigenvalue weighted by atomic mass is 10.2. The first-order valence-corrected chi connectivity index (χ1v) is 9.88. The van der Waals surface area contributed by atoms with Crippen molar-refractivity contribution in [2.45, 2.75) is 20.5 Å². The summed E-state index contributed by atoms with van der Waals surface area (Å²) >= 11 is 6.51. The Morgan fingerprint density at radius 3 is 2.45 bits per heavy atom. The number of benzene rings is 2. The number of imidazole rings is 1. The van der Waals surface area contributed by atoms with Gasteiger partial charge in [-0.3, -0.25) is 4.98 Å². The van der Waals surface area contributed by atoms with Gasteiger partial charge in [-0.1, -0.05) is 41.4 Å². The van der Waals surface area contributed by atoms with Gasteiger partial charge in [-0.05, 0) is 19.4 Å². The highest BCUT2D eigenvalue weighted by molar-refractivity contribution is 6.32. The standard InChI is InChI=1S/C22H21ClN4O4/c1-12-5-7-14(8-6-12)11-31-18-10-16(15(23)9-17(18)29-3)27-20-19(26-22(27)28)21(30-4)25-13(2)24-20/h5-10H,11H2,1-4H3,(H,26,28). The Morgan fingerprint density at radius 1 is 1.03 bits per heavy atom. The lowest BCUT2D eigenvalue weighted by Gasteiger charge is -2.14. The summed E-state index contributed by atoms with van der Waals surface area (Å²) in [4.78, 5) is 24.2. The van der Waals surface area contributed by atoms with Crippen LogP contribution in [0.1, 0.15) is 17.0 Å². The second kappa shape index (κ2) is 8.31. The number of nitrogens with zero attached hydrogens (tertiary/aromatic N) is 3. The zero-order valence-corrected chi connectivity index (χ0v) is 18.3. The Bertz CT molecular complexity index is 1310. The van der Waals surface area contributed by atoms with Gasteiger partial charge in [-0.15, -0.1) is 0 Å². The Hall–Kier alpha value is -3.52. The van der Waals surface area contributed by atoms with Gasteiger partial charge in [0.1, 0.15) is 17.9 Å². The molecular weight excluding hydrogens is 420 g/mol. The number of halogens is 1. The number of fused-ring (bicyclic) bond motifs is 1. The van der Waals surface area contributed by atoms with E-state index in [0.29, 0.717) is 45.8 Å². The topological polar surface area (TPSA) is 91.3 Å². The summed E-state index contributed by atoms with van der Waals surface area (Å²) < 4.78 is 18.1. The molecule has 0 aliphatic rings. The molecule has 0 fully saturated rings. The highest BCUT2D eigenvalue weighted by atomic mass is 35.5. The predicted octanol–water partition coefficient (Wildman–Crippen LogP) is 3.98. The molecule has 160 valence electrons. The number of nitrogens with one attached hydrogen (secondary N) is 1. The van der Waals surface area contributed by atoms with Crippen LogP contribution in [0.25, 0.3) is 16.9 Å². The van der Waals surface area contributed by atoms with Crippen LogP contribution in [0, 0.1) is 13.8 Å². The number of H-pyrrole nitrogens is 1. The molecule has 0 amide bonds. The van der Waals surface area contributed by atoms with E-state index < -0.39 is 5.69 Å². The van der Waals surface area contributed by atoms with Gasteiger partial charge < -0.3 is 14.2 Å². The lowest BCUT2D eigenvalue weighted by Crippen LogP contribution is -2.16. The molecule has 0 aliphatic carbocycles. The van der Waals surface area contributed by atoms with Crippen LogP contribution in [0.4, 0.5) is 0 Å². The van der Waals surface area contributed by atoms with Gasteiger partial charge in [0.2, 0.25) is 5.88 Å². The normalized spacial score (nSPS) is 11.0. The van der Waals surface area contributed by atoms with E-state index in [9.17, 15) is 4.79 Å². The maximum atomic E-state index is 12.8. The summed E-state index contributed by atoms with van der Waals surface area (Å²) in [7, 11) is 3.01. The van der Waals surface area contributed by atoms with E-state index in [4.69, 9.17) is 25.8 Å². The number of ether oxygens (including phenoxy) is 3. The number of aromatic nitrogens is 4. The maximum absolute atomic E-state index is 12.8. The average molecular weight is 441 g/mol. The van der Waals surface area contributed by atoms with Crippen LogP contribution in [0.3, 0.4) is 0 Å². The molecule has 2 aromatic heterocycles. The Balaban J connectivity index is 1.81. The summed E-state index contributed by atoms with van der Waals surface area (Å²) in [6.45, 7) is 4.07. The highest BCUT2D eigenvalue weighted by Crippen LogP contribution is 2.36. The molecule has 0 saturated carbocycles. The molecule has 1 N–H and O–H groups in total. The molecule has 2 heterocycles. The molecule has 0 unspecified atom stereocenters. The molecule has 0 atom stereocenters. The van der Waals surface area contributed by atoms with Crippen molar-refractivity contribution in [3.63, 3.8) is 0 Å². The van der Waals surface area contributed by atoms with Crippen LogP contribution < -0.4 is 19.9 Å². The first-order valence-electron chi connectivity index (χ1n) is 9.51. The fourth-order valence-electron chi connectivity index (χ4n) is 3.25. The van der Waals surface area contributed by atoms with Crippen molar-refractivity contribution in [2.75, 3.05) is 14.2 Å². The summed E-state index contributed by atoms with van der Waals surface area (Å²) in [6, 6.07) is 11.3. The number of hydrogen-bond donors (Lipinski definition) is 1. The SMILES string of the molecule is COc1cc(Cl)c(-n2c(=O)[nH]c3c(OC)nc(C)nc32)cc1OCc1ccc(C)cc1. The molecule has 0 spiro atoms. The molecule has 0 aliphatic heterocycles. The zero-order chi connectivity index (χ0) is 22.1. The number of methoxy groups -OCH3 is 2. The summed E-state index contributed by atoms with van der Waals surface area (Å²) in [6.07, 6.45) is 0. The molecule has 9 heteroatoms. The first-order chi connectivity index (χ1) is 14.9. The van der Waals surface area contributed by atoms with E-state index >= 15 is 0 Å². The number of aromatic amines is 1. The quantitative estimate of drug-likeness (QED) is 0.487. The third-order valence-corrected chi connectivity index (χ3v) is 5.10. The van der Waals surface area contributed by atoms with E-state index in [1.54, 1.807) is 19.1 Å². The van der Waals surface area contributed by atoms with Crippen LogP contribution in [-0.4, -0.2) is 33.7 Å². The minimum Gasteiger partial charge on any atom is -0.493 e. The van der Waals surface area contributed by atoms with Gasteiger partial charge in [-0.25, -0.2) is 14.3 Å². The van der Waals surface area contributed by atoms with Gasteiger partial charge in [-0.2, -0.15) is 4.98 Å². The average Bonchev–Trinajstić information content (AvgIpc) is 3.08. The van der Waals surface area contributed by atoms with Crippen LogP contribution in [0.5, 0.6) is 17.4 Å². The fourth-order valence-corrected chi connectivity index (χ4v) is 3.49. The molecule has 0 radical (unpaired) electrons. The Kier molecular flexibility index (Phi) is 5.56. The Morgan fingerprint density at radius 2 is 1.77 bits per heavy atom.